The number of amides is 1. The van der Waals surface area contributed by atoms with Gasteiger partial charge in [-0.2, -0.15) is 0 Å². The molecule has 116 valence electrons. The van der Waals surface area contributed by atoms with Crippen molar-refractivity contribution in [3.05, 3.63) is 23.3 Å². The predicted molar refractivity (Wildman–Crippen MR) is 76.1 cm³/mol. The van der Waals surface area contributed by atoms with Crippen molar-refractivity contribution in [2.45, 2.75) is 13.3 Å². The Kier molecular flexibility index (Phi) is 4.25. The smallest absolute Gasteiger partial charge is 0.374 e. The molecule has 0 saturated carbocycles. The van der Waals surface area contributed by atoms with E-state index in [2.05, 4.69) is 4.74 Å². The average molecular weight is 305 g/mol. The second kappa shape index (κ2) is 5.97. The Hall–Kier alpha value is -2.70. The number of Topliss-reactive ketones (excluding diaryl/α,β-unsaturated/α-hetero) is 2. The zero-order valence-corrected chi connectivity index (χ0v) is 12.5. The highest BCUT2D eigenvalue weighted by Crippen LogP contribution is 2.34. The van der Waals surface area contributed by atoms with E-state index in [1.54, 1.807) is 20.0 Å². The molecule has 2 rings (SSSR count). The summed E-state index contributed by atoms with van der Waals surface area (Å²) in [7, 11) is 2.65. The van der Waals surface area contributed by atoms with Crippen LogP contribution in [0.2, 0.25) is 0 Å². The molecule has 22 heavy (non-hydrogen) atoms. The number of esters is 1. The Morgan fingerprint density at radius 2 is 2.00 bits per heavy atom. The summed E-state index contributed by atoms with van der Waals surface area (Å²) in [5.74, 6) is -2.22. The van der Waals surface area contributed by atoms with Gasteiger partial charge in [-0.15, -0.1) is 0 Å². The fourth-order valence-corrected chi connectivity index (χ4v) is 2.15. The van der Waals surface area contributed by atoms with Gasteiger partial charge in [0.15, 0.2) is 12.4 Å². The van der Waals surface area contributed by atoms with Gasteiger partial charge in [-0.1, -0.05) is 0 Å². The summed E-state index contributed by atoms with van der Waals surface area (Å²) >= 11 is 0. The number of anilines is 1. The molecule has 1 heterocycles. The molecule has 7 heteroatoms. The molecule has 0 fully saturated rings. The molecule has 1 aliphatic rings. The molecule has 0 spiro atoms. The Morgan fingerprint density at radius 1 is 1.32 bits per heavy atom. The van der Waals surface area contributed by atoms with E-state index in [9.17, 15) is 19.2 Å². The highest BCUT2D eigenvalue weighted by atomic mass is 16.5. The van der Waals surface area contributed by atoms with Crippen molar-refractivity contribution in [1.29, 1.82) is 0 Å². The number of ether oxygens (including phenoxy) is 2. The van der Waals surface area contributed by atoms with Crippen LogP contribution in [-0.2, 0) is 19.1 Å². The summed E-state index contributed by atoms with van der Waals surface area (Å²) in [6, 6.07) is 3.13. The molecular weight excluding hydrogens is 290 g/mol. The van der Waals surface area contributed by atoms with Gasteiger partial charge in [0.25, 0.3) is 5.91 Å². The summed E-state index contributed by atoms with van der Waals surface area (Å²) in [4.78, 5) is 47.8. The Balaban J connectivity index is 2.32. The molecule has 0 atom stereocenters. The van der Waals surface area contributed by atoms with Crippen molar-refractivity contribution < 1.29 is 28.7 Å². The lowest BCUT2D eigenvalue weighted by atomic mass is 9.99. The van der Waals surface area contributed by atoms with E-state index in [0.717, 1.165) is 7.11 Å². The number of likely N-dealkylation sites (N-methyl/N-ethyl adjacent to an activating group) is 1. The van der Waals surface area contributed by atoms with Gasteiger partial charge in [-0.05, 0) is 24.6 Å². The van der Waals surface area contributed by atoms with Crippen molar-refractivity contribution in [3.63, 3.8) is 0 Å². The molecule has 1 aliphatic heterocycles. The molecule has 1 aromatic carbocycles. The van der Waals surface area contributed by atoms with E-state index in [-0.39, 0.29) is 18.1 Å². The van der Waals surface area contributed by atoms with E-state index < -0.39 is 24.0 Å². The number of carbonyl (C=O) groups is 4. The van der Waals surface area contributed by atoms with Gasteiger partial charge in [0.05, 0.1) is 19.2 Å². The van der Waals surface area contributed by atoms with Gasteiger partial charge in [0, 0.05) is 12.6 Å². The molecule has 1 amide bonds. The predicted octanol–water partition coefficient (Wildman–Crippen LogP) is 0.665. The van der Waals surface area contributed by atoms with E-state index in [1.165, 1.54) is 11.0 Å². The van der Waals surface area contributed by atoms with Crippen molar-refractivity contribution in [3.8, 4) is 5.75 Å². The summed E-state index contributed by atoms with van der Waals surface area (Å²) < 4.78 is 9.60. The molecule has 0 saturated heterocycles. The first-order chi connectivity index (χ1) is 10.3. The molecule has 0 radical (unpaired) electrons. The quantitative estimate of drug-likeness (QED) is 0.351. The SMILES string of the molecule is COC(=O)C(=O)CC(=O)c1cc2c(cc1C)OCC(=O)N2C. The highest BCUT2D eigenvalue weighted by molar-refractivity contribution is 6.38. The summed E-state index contributed by atoms with van der Waals surface area (Å²) in [6.45, 7) is 1.63. The Labute approximate surface area is 126 Å². The second-order valence-corrected chi connectivity index (χ2v) is 4.89. The maximum absolute atomic E-state index is 12.2. The number of carbonyl (C=O) groups excluding carboxylic acids is 4. The first kappa shape index (κ1) is 15.7. The van der Waals surface area contributed by atoms with Gasteiger partial charge < -0.3 is 14.4 Å². The van der Waals surface area contributed by atoms with Gasteiger partial charge in [0.2, 0.25) is 5.78 Å². The van der Waals surface area contributed by atoms with E-state index in [4.69, 9.17) is 4.74 Å². The van der Waals surface area contributed by atoms with Crippen LogP contribution in [0.3, 0.4) is 0 Å². The highest BCUT2D eigenvalue weighted by Gasteiger charge is 2.26. The molecule has 0 N–H and O–H groups in total. The number of ketones is 2. The average Bonchev–Trinajstić information content (AvgIpc) is 2.49. The summed E-state index contributed by atoms with van der Waals surface area (Å²) in [5.41, 5.74) is 1.32. The fourth-order valence-electron chi connectivity index (χ4n) is 2.15. The number of hydrogen-bond donors (Lipinski definition) is 0. The van der Waals surface area contributed by atoms with Crippen molar-refractivity contribution in [2.24, 2.45) is 0 Å². The zero-order valence-electron chi connectivity index (χ0n) is 12.5. The van der Waals surface area contributed by atoms with Crippen molar-refractivity contribution in [2.75, 3.05) is 25.7 Å². The normalized spacial score (nSPS) is 13.2. The minimum absolute atomic E-state index is 0.0585. The third kappa shape index (κ3) is 2.83. The third-order valence-corrected chi connectivity index (χ3v) is 3.43. The summed E-state index contributed by atoms with van der Waals surface area (Å²) in [5, 5.41) is 0. The number of nitrogens with zero attached hydrogens (tertiary/aromatic N) is 1. The maximum Gasteiger partial charge on any atom is 0.374 e. The number of rotatable bonds is 4. The van der Waals surface area contributed by atoms with Gasteiger partial charge in [-0.3, -0.25) is 14.4 Å². The molecule has 0 unspecified atom stereocenters. The van der Waals surface area contributed by atoms with Crippen LogP contribution in [0.15, 0.2) is 12.1 Å². The van der Waals surface area contributed by atoms with E-state index in [0.29, 0.717) is 17.0 Å². The topological polar surface area (TPSA) is 90.0 Å². The van der Waals surface area contributed by atoms with Crippen molar-refractivity contribution >= 4 is 29.1 Å². The fraction of sp³-hybridized carbons (Fsp3) is 0.333. The van der Waals surface area contributed by atoms with Crippen LogP contribution in [0.5, 0.6) is 5.75 Å². The summed E-state index contributed by atoms with van der Waals surface area (Å²) in [6.07, 6.45) is -0.579. The van der Waals surface area contributed by atoms with Gasteiger partial charge in [-0.25, -0.2) is 4.79 Å². The van der Waals surface area contributed by atoms with E-state index >= 15 is 0 Å². The minimum Gasteiger partial charge on any atom is -0.482 e. The molecule has 7 nitrogen and oxygen atoms in total. The molecule has 0 aromatic heterocycles. The lowest BCUT2D eigenvalue weighted by Gasteiger charge is -2.27. The monoisotopic (exact) mass is 305 g/mol. The standard InChI is InChI=1S/C15H15NO6/c1-8-4-13-10(16(2)14(19)7-22-13)5-9(8)11(17)6-12(18)15(20)21-3/h4-5H,6-7H2,1-3H3. The number of methoxy groups -OCH3 is 1. The number of hydrogen-bond acceptors (Lipinski definition) is 6. The number of benzene rings is 1. The van der Waals surface area contributed by atoms with Crippen LogP contribution in [0, 0.1) is 6.92 Å². The first-order valence-electron chi connectivity index (χ1n) is 6.53. The van der Waals surface area contributed by atoms with Crippen LogP contribution in [0.25, 0.3) is 0 Å². The third-order valence-electron chi connectivity index (χ3n) is 3.43. The maximum atomic E-state index is 12.2. The van der Waals surface area contributed by atoms with Crippen LogP contribution in [-0.4, -0.2) is 44.2 Å². The van der Waals surface area contributed by atoms with Gasteiger partial charge >= 0.3 is 5.97 Å². The number of aryl methyl sites for hydroxylation is 1. The van der Waals surface area contributed by atoms with Crippen molar-refractivity contribution in [1.82, 2.24) is 0 Å². The molecule has 1 aromatic rings. The lowest BCUT2D eigenvalue weighted by Crippen LogP contribution is -2.35. The lowest BCUT2D eigenvalue weighted by molar-refractivity contribution is -0.151. The van der Waals surface area contributed by atoms with Crippen LogP contribution >= 0.6 is 0 Å². The van der Waals surface area contributed by atoms with Crippen LogP contribution < -0.4 is 9.64 Å². The molecule has 0 aliphatic carbocycles. The largest absolute Gasteiger partial charge is 0.482 e. The first-order valence-corrected chi connectivity index (χ1v) is 6.53. The second-order valence-electron chi connectivity index (χ2n) is 4.89. The zero-order chi connectivity index (χ0) is 16.4. The minimum atomic E-state index is -1.06. The Morgan fingerprint density at radius 3 is 2.64 bits per heavy atom. The number of fused-ring (bicyclic) bond motifs is 1. The van der Waals surface area contributed by atoms with Gasteiger partial charge in [0.1, 0.15) is 5.75 Å². The molecule has 0 bridgehead atoms. The Bertz CT molecular complexity index is 679. The van der Waals surface area contributed by atoms with Crippen LogP contribution in [0.1, 0.15) is 22.3 Å². The van der Waals surface area contributed by atoms with Crippen LogP contribution in [0.4, 0.5) is 5.69 Å². The molecular formula is C15H15NO6. The van der Waals surface area contributed by atoms with E-state index in [1.807, 2.05) is 0 Å².